The van der Waals surface area contributed by atoms with Crippen molar-refractivity contribution in [2.75, 3.05) is 11.4 Å². The van der Waals surface area contributed by atoms with Crippen LogP contribution in [-0.2, 0) is 16.0 Å². The van der Waals surface area contributed by atoms with Crippen molar-refractivity contribution in [2.24, 2.45) is 5.73 Å². The quantitative estimate of drug-likeness (QED) is 0.718. The van der Waals surface area contributed by atoms with Crippen LogP contribution in [0.15, 0.2) is 24.3 Å². The van der Waals surface area contributed by atoms with E-state index < -0.39 is 18.1 Å². The molecule has 2 rings (SSSR count). The number of carboxylic acid groups (broad SMARTS) is 1. The van der Waals surface area contributed by atoms with Crippen LogP contribution in [0.3, 0.4) is 0 Å². The Hall–Kier alpha value is -1.88. The number of carboxylic acids is 1. The highest BCUT2D eigenvalue weighted by Gasteiger charge is 2.34. The number of hydrogen-bond donors (Lipinski definition) is 2. The van der Waals surface area contributed by atoms with E-state index in [1.807, 2.05) is 24.3 Å². The highest BCUT2D eigenvalue weighted by Crippen LogP contribution is 2.31. The van der Waals surface area contributed by atoms with Crippen molar-refractivity contribution in [3.63, 3.8) is 0 Å². The summed E-state index contributed by atoms with van der Waals surface area (Å²) in [5.74, 6) is -0.890. The number of aliphatic carboxylic acids is 1. The molecule has 2 atom stereocenters. The Kier molecular flexibility index (Phi) is 3.10. The van der Waals surface area contributed by atoms with Crippen LogP contribution in [0.4, 0.5) is 5.69 Å². The molecule has 0 aromatic heterocycles. The standard InChI is InChI=1S/C12H14N2O3/c13-9(7-15)6-14-10-4-2-1-3-8(10)5-11(14)12(16)17/h1-4,7,9,11H,5-6,13H2,(H,16,17)/t9-,11-/m0/s1. The molecule has 1 aliphatic rings. The molecule has 5 nitrogen and oxygen atoms in total. The van der Waals surface area contributed by atoms with Crippen LogP contribution in [0.1, 0.15) is 5.56 Å². The van der Waals surface area contributed by atoms with E-state index in [0.29, 0.717) is 12.7 Å². The molecule has 0 amide bonds. The monoisotopic (exact) mass is 234 g/mol. The summed E-state index contributed by atoms with van der Waals surface area (Å²) in [7, 11) is 0. The molecule has 0 spiro atoms. The average Bonchev–Trinajstić information content (AvgIpc) is 2.68. The van der Waals surface area contributed by atoms with Crippen LogP contribution in [-0.4, -0.2) is 36.0 Å². The number of nitrogens with two attached hydrogens (primary N) is 1. The molecule has 1 aromatic rings. The molecule has 1 aromatic carbocycles. The number of nitrogens with zero attached hydrogens (tertiary/aromatic N) is 1. The third-order valence-corrected chi connectivity index (χ3v) is 2.96. The predicted molar refractivity (Wildman–Crippen MR) is 63.0 cm³/mol. The van der Waals surface area contributed by atoms with Gasteiger partial charge in [-0.05, 0) is 11.6 Å². The van der Waals surface area contributed by atoms with Crippen LogP contribution < -0.4 is 10.6 Å². The fourth-order valence-corrected chi connectivity index (χ4v) is 2.17. The van der Waals surface area contributed by atoms with E-state index in [1.54, 1.807) is 4.90 Å². The van der Waals surface area contributed by atoms with Crippen molar-refractivity contribution in [3.05, 3.63) is 29.8 Å². The van der Waals surface area contributed by atoms with E-state index in [-0.39, 0.29) is 6.54 Å². The van der Waals surface area contributed by atoms with Gasteiger partial charge in [0.25, 0.3) is 0 Å². The Balaban J connectivity index is 2.30. The lowest BCUT2D eigenvalue weighted by molar-refractivity contribution is -0.138. The molecule has 0 unspecified atom stereocenters. The summed E-state index contributed by atoms with van der Waals surface area (Å²) in [4.78, 5) is 23.5. The lowest BCUT2D eigenvalue weighted by atomic mass is 10.1. The molecular weight excluding hydrogens is 220 g/mol. The number of carbonyl (C=O) groups is 2. The van der Waals surface area contributed by atoms with E-state index in [4.69, 9.17) is 5.73 Å². The van der Waals surface area contributed by atoms with Gasteiger partial charge in [-0.15, -0.1) is 0 Å². The second-order valence-electron chi connectivity index (χ2n) is 4.14. The zero-order valence-electron chi connectivity index (χ0n) is 9.24. The van der Waals surface area contributed by atoms with E-state index in [9.17, 15) is 14.7 Å². The van der Waals surface area contributed by atoms with Gasteiger partial charge in [-0.3, -0.25) is 0 Å². The van der Waals surface area contributed by atoms with Crippen molar-refractivity contribution in [1.82, 2.24) is 0 Å². The van der Waals surface area contributed by atoms with E-state index >= 15 is 0 Å². The SMILES string of the molecule is N[C@H](C=O)CN1c2ccccc2C[C@H]1C(=O)O. The summed E-state index contributed by atoms with van der Waals surface area (Å²) in [6, 6.07) is 6.19. The second-order valence-corrected chi connectivity index (χ2v) is 4.14. The Morgan fingerprint density at radius 1 is 1.59 bits per heavy atom. The van der Waals surface area contributed by atoms with Gasteiger partial charge in [0.15, 0.2) is 0 Å². The molecule has 0 aliphatic carbocycles. The number of fused-ring (bicyclic) bond motifs is 1. The molecule has 1 heterocycles. The maximum atomic E-state index is 11.2. The van der Waals surface area contributed by atoms with Gasteiger partial charge in [-0.1, -0.05) is 18.2 Å². The van der Waals surface area contributed by atoms with Gasteiger partial charge in [0.2, 0.25) is 0 Å². The zero-order valence-corrected chi connectivity index (χ0v) is 9.24. The highest BCUT2D eigenvalue weighted by molar-refractivity contribution is 5.82. The van der Waals surface area contributed by atoms with E-state index in [2.05, 4.69) is 0 Å². The predicted octanol–water partition coefficient (Wildman–Crippen LogP) is 0.0285. The van der Waals surface area contributed by atoms with Gasteiger partial charge < -0.3 is 20.5 Å². The largest absolute Gasteiger partial charge is 0.480 e. The maximum absolute atomic E-state index is 11.2. The molecule has 0 bridgehead atoms. The van der Waals surface area contributed by atoms with Crippen molar-refractivity contribution in [1.29, 1.82) is 0 Å². The maximum Gasteiger partial charge on any atom is 0.326 e. The Morgan fingerprint density at radius 3 is 2.94 bits per heavy atom. The fourth-order valence-electron chi connectivity index (χ4n) is 2.17. The first-order valence-electron chi connectivity index (χ1n) is 5.41. The first-order valence-corrected chi connectivity index (χ1v) is 5.41. The molecule has 3 N–H and O–H groups in total. The first kappa shape index (κ1) is 11.6. The van der Waals surface area contributed by atoms with E-state index in [1.165, 1.54) is 0 Å². The summed E-state index contributed by atoms with van der Waals surface area (Å²) in [6.45, 7) is 0.234. The van der Waals surface area contributed by atoms with Gasteiger partial charge in [0, 0.05) is 18.7 Å². The smallest absolute Gasteiger partial charge is 0.326 e. The molecule has 1 aliphatic heterocycles. The number of benzene rings is 1. The topological polar surface area (TPSA) is 83.6 Å². The van der Waals surface area contributed by atoms with Gasteiger partial charge in [-0.2, -0.15) is 0 Å². The minimum atomic E-state index is -0.890. The third-order valence-electron chi connectivity index (χ3n) is 2.96. The summed E-state index contributed by atoms with van der Waals surface area (Å²) >= 11 is 0. The van der Waals surface area contributed by atoms with Crippen molar-refractivity contribution in [2.45, 2.75) is 18.5 Å². The second kappa shape index (κ2) is 4.55. The minimum absolute atomic E-state index is 0.234. The summed E-state index contributed by atoms with van der Waals surface area (Å²) in [5, 5.41) is 9.17. The molecule has 0 saturated heterocycles. The van der Waals surface area contributed by atoms with Crippen LogP contribution in [0.25, 0.3) is 0 Å². The summed E-state index contributed by atoms with van der Waals surface area (Å²) in [6.07, 6.45) is 1.09. The fraction of sp³-hybridized carbons (Fsp3) is 0.333. The number of anilines is 1. The third kappa shape index (κ3) is 2.14. The number of aldehydes is 1. The molecule has 90 valence electrons. The number of rotatable bonds is 4. The van der Waals surface area contributed by atoms with Crippen LogP contribution in [0.2, 0.25) is 0 Å². The summed E-state index contributed by atoms with van der Waals surface area (Å²) < 4.78 is 0. The Labute approximate surface area is 98.8 Å². The van der Waals surface area contributed by atoms with Crippen LogP contribution in [0.5, 0.6) is 0 Å². The van der Waals surface area contributed by atoms with Gasteiger partial charge in [0.05, 0.1) is 6.04 Å². The molecule has 17 heavy (non-hydrogen) atoms. The van der Waals surface area contributed by atoms with E-state index in [0.717, 1.165) is 11.3 Å². The molecule has 0 saturated carbocycles. The van der Waals surface area contributed by atoms with Crippen molar-refractivity contribution in [3.8, 4) is 0 Å². The minimum Gasteiger partial charge on any atom is -0.480 e. The normalized spacial score (nSPS) is 19.8. The van der Waals surface area contributed by atoms with Gasteiger partial charge in [-0.25, -0.2) is 4.79 Å². The average molecular weight is 234 g/mol. The number of para-hydroxylation sites is 1. The number of carbonyl (C=O) groups excluding carboxylic acids is 1. The zero-order chi connectivity index (χ0) is 12.4. The van der Waals surface area contributed by atoms with Crippen LogP contribution >= 0.6 is 0 Å². The Bertz CT molecular complexity index is 447. The van der Waals surface area contributed by atoms with Crippen molar-refractivity contribution >= 4 is 17.9 Å². The lowest BCUT2D eigenvalue weighted by Crippen LogP contribution is -2.45. The molecule has 0 fully saturated rings. The number of hydrogen-bond acceptors (Lipinski definition) is 4. The van der Waals surface area contributed by atoms with Gasteiger partial charge >= 0.3 is 5.97 Å². The summed E-state index contributed by atoms with van der Waals surface area (Å²) in [5.41, 5.74) is 7.41. The Morgan fingerprint density at radius 2 is 2.29 bits per heavy atom. The highest BCUT2D eigenvalue weighted by atomic mass is 16.4. The van der Waals surface area contributed by atoms with Gasteiger partial charge in [0.1, 0.15) is 12.3 Å². The lowest BCUT2D eigenvalue weighted by Gasteiger charge is -2.25. The molecular formula is C12H14N2O3. The van der Waals surface area contributed by atoms with Crippen LogP contribution in [0, 0.1) is 0 Å². The molecule has 5 heteroatoms. The first-order chi connectivity index (χ1) is 8.13. The molecule has 0 radical (unpaired) electrons. The van der Waals surface area contributed by atoms with Crippen molar-refractivity contribution < 1.29 is 14.7 Å².